The number of hydrogen-bond donors (Lipinski definition) is 0. The smallest absolute Gasteiger partial charge is 0.329 e. The van der Waals surface area contributed by atoms with Gasteiger partial charge in [0, 0.05) is 10.8 Å². The Kier molecular flexibility index (Phi) is 8.11. The Morgan fingerprint density at radius 3 is 2.69 bits per heavy atom. The van der Waals surface area contributed by atoms with Crippen LogP contribution in [-0.4, -0.2) is 40.6 Å². The number of carbonyl (C=O) groups excluding carboxylic acids is 2. The quantitative estimate of drug-likeness (QED) is 0.447. The zero-order valence-electron chi connectivity index (χ0n) is 15.3. The lowest BCUT2D eigenvalue weighted by molar-refractivity contribution is -0.148. The van der Waals surface area contributed by atoms with E-state index in [1.807, 2.05) is 6.92 Å². The van der Waals surface area contributed by atoms with Gasteiger partial charge in [-0.15, -0.1) is 11.8 Å². The van der Waals surface area contributed by atoms with Crippen LogP contribution in [0.3, 0.4) is 0 Å². The molecule has 2 rings (SSSR count). The van der Waals surface area contributed by atoms with Crippen molar-refractivity contribution in [2.45, 2.75) is 51.4 Å². The number of unbranched alkanes of at least 4 members (excludes halogenated alkanes) is 1. The average molecular weight is 418 g/mol. The van der Waals surface area contributed by atoms with Crippen molar-refractivity contribution in [3.8, 4) is 0 Å². The fourth-order valence-electron chi connectivity index (χ4n) is 2.82. The van der Waals surface area contributed by atoms with Crippen LogP contribution in [0.5, 0.6) is 0 Å². The summed E-state index contributed by atoms with van der Waals surface area (Å²) in [6, 6.07) is 4.21. The number of benzene rings is 1. The first-order valence-corrected chi connectivity index (χ1v) is 10.7. The lowest BCUT2D eigenvalue weighted by Crippen LogP contribution is -2.46. The van der Waals surface area contributed by atoms with Crippen LogP contribution >= 0.6 is 35.0 Å². The summed E-state index contributed by atoms with van der Waals surface area (Å²) in [5.41, 5.74) is 0.360. The average Bonchev–Trinajstić information content (AvgIpc) is 2.97. The SMILES string of the molecule is CCCCOC(=O)C1CSC(CC(C)C)N1C(=O)c1ccc(Cl)cc1Cl. The summed E-state index contributed by atoms with van der Waals surface area (Å²) in [6.45, 7) is 6.63. The lowest BCUT2D eigenvalue weighted by atomic mass is 10.1. The first-order chi connectivity index (χ1) is 12.3. The number of hydrogen-bond acceptors (Lipinski definition) is 4. The number of carbonyl (C=O) groups is 2. The van der Waals surface area contributed by atoms with Gasteiger partial charge in [0.25, 0.3) is 5.91 Å². The Bertz CT molecular complexity index is 654. The molecule has 0 bridgehead atoms. The Morgan fingerprint density at radius 1 is 1.35 bits per heavy atom. The Labute approximate surface area is 169 Å². The molecular formula is C19H25Cl2NO3S. The Hall–Kier alpha value is -0.910. The summed E-state index contributed by atoms with van der Waals surface area (Å²) in [6.07, 6.45) is 2.57. The summed E-state index contributed by atoms with van der Waals surface area (Å²) in [5, 5.41) is 0.690. The molecule has 1 aromatic rings. The standard InChI is InChI=1S/C19H25Cl2NO3S/c1-4-5-8-25-19(24)16-11-26-17(9-12(2)3)22(16)18(23)14-7-6-13(20)10-15(14)21/h6-7,10,12,16-17H,4-5,8-9,11H2,1-3H3. The van der Waals surface area contributed by atoms with Crippen LogP contribution in [0.2, 0.25) is 10.0 Å². The molecule has 2 unspecified atom stereocenters. The van der Waals surface area contributed by atoms with Gasteiger partial charge in [-0.3, -0.25) is 4.79 Å². The monoisotopic (exact) mass is 417 g/mol. The van der Waals surface area contributed by atoms with Crippen molar-refractivity contribution in [2.75, 3.05) is 12.4 Å². The third-order valence-corrected chi connectivity index (χ3v) is 6.04. The van der Waals surface area contributed by atoms with Crippen LogP contribution in [0.4, 0.5) is 0 Å². The molecule has 0 saturated carbocycles. The predicted octanol–water partition coefficient (Wildman–Crippen LogP) is 5.27. The van der Waals surface area contributed by atoms with E-state index < -0.39 is 6.04 Å². The summed E-state index contributed by atoms with van der Waals surface area (Å²) >= 11 is 13.8. The minimum atomic E-state index is -0.583. The second-order valence-electron chi connectivity index (χ2n) is 6.79. The molecule has 7 heteroatoms. The van der Waals surface area contributed by atoms with Gasteiger partial charge in [-0.1, -0.05) is 50.4 Å². The van der Waals surface area contributed by atoms with Gasteiger partial charge in [-0.05, 0) is 37.0 Å². The molecule has 0 radical (unpaired) electrons. The number of halogens is 2. The van der Waals surface area contributed by atoms with Gasteiger partial charge in [-0.25, -0.2) is 4.79 Å². The summed E-state index contributed by atoms with van der Waals surface area (Å²) in [4.78, 5) is 27.4. The maximum absolute atomic E-state index is 13.2. The van der Waals surface area contributed by atoms with Gasteiger partial charge in [0.2, 0.25) is 0 Å². The van der Waals surface area contributed by atoms with E-state index in [1.54, 1.807) is 34.9 Å². The Morgan fingerprint density at radius 2 is 2.08 bits per heavy atom. The van der Waals surface area contributed by atoms with E-state index in [9.17, 15) is 9.59 Å². The third-order valence-electron chi connectivity index (χ3n) is 4.18. The van der Waals surface area contributed by atoms with Gasteiger partial charge in [0.1, 0.15) is 6.04 Å². The minimum Gasteiger partial charge on any atom is -0.464 e. The van der Waals surface area contributed by atoms with Gasteiger partial charge < -0.3 is 9.64 Å². The second-order valence-corrected chi connectivity index (χ2v) is 8.85. The van der Waals surface area contributed by atoms with Gasteiger partial charge in [0.05, 0.1) is 22.6 Å². The highest BCUT2D eigenvalue weighted by molar-refractivity contribution is 8.00. The van der Waals surface area contributed by atoms with Crippen LogP contribution in [0.15, 0.2) is 18.2 Å². The molecule has 1 saturated heterocycles. The van der Waals surface area contributed by atoms with E-state index in [0.717, 1.165) is 19.3 Å². The molecule has 4 nitrogen and oxygen atoms in total. The number of ether oxygens (including phenoxy) is 1. The minimum absolute atomic E-state index is 0.0713. The fraction of sp³-hybridized carbons (Fsp3) is 0.579. The number of nitrogens with zero attached hydrogens (tertiary/aromatic N) is 1. The van der Waals surface area contributed by atoms with Crippen molar-refractivity contribution in [2.24, 2.45) is 5.92 Å². The number of thioether (sulfide) groups is 1. The molecule has 1 aliphatic heterocycles. The van der Waals surface area contributed by atoms with E-state index in [-0.39, 0.29) is 17.3 Å². The lowest BCUT2D eigenvalue weighted by Gasteiger charge is -2.29. The summed E-state index contributed by atoms with van der Waals surface area (Å²) in [7, 11) is 0. The van der Waals surface area contributed by atoms with E-state index in [1.165, 1.54) is 0 Å². The van der Waals surface area contributed by atoms with Gasteiger partial charge in [-0.2, -0.15) is 0 Å². The molecule has 0 aliphatic carbocycles. The number of amides is 1. The number of esters is 1. The highest BCUT2D eigenvalue weighted by atomic mass is 35.5. The van der Waals surface area contributed by atoms with E-state index in [4.69, 9.17) is 27.9 Å². The van der Waals surface area contributed by atoms with Crippen molar-refractivity contribution in [1.82, 2.24) is 4.90 Å². The molecule has 0 aromatic heterocycles. The molecule has 1 aliphatic rings. The molecule has 26 heavy (non-hydrogen) atoms. The normalized spacial score (nSPS) is 19.8. The van der Waals surface area contributed by atoms with Crippen LogP contribution in [0, 0.1) is 5.92 Å². The largest absolute Gasteiger partial charge is 0.464 e. The second kappa shape index (κ2) is 9.86. The van der Waals surface area contributed by atoms with Crippen LogP contribution in [0.1, 0.15) is 50.4 Å². The molecule has 1 aromatic carbocycles. The molecule has 1 amide bonds. The highest BCUT2D eigenvalue weighted by Crippen LogP contribution is 2.36. The molecule has 2 atom stereocenters. The molecule has 0 N–H and O–H groups in total. The van der Waals surface area contributed by atoms with Crippen LogP contribution < -0.4 is 0 Å². The van der Waals surface area contributed by atoms with Crippen molar-refractivity contribution < 1.29 is 14.3 Å². The summed E-state index contributed by atoms with van der Waals surface area (Å²) < 4.78 is 5.39. The molecule has 144 valence electrons. The van der Waals surface area contributed by atoms with Gasteiger partial charge in [0.15, 0.2) is 0 Å². The van der Waals surface area contributed by atoms with Crippen molar-refractivity contribution in [3.05, 3.63) is 33.8 Å². The van der Waals surface area contributed by atoms with Crippen molar-refractivity contribution >= 4 is 46.8 Å². The zero-order chi connectivity index (χ0) is 19.3. The van der Waals surface area contributed by atoms with Crippen molar-refractivity contribution in [3.63, 3.8) is 0 Å². The summed E-state index contributed by atoms with van der Waals surface area (Å²) in [5.74, 6) is 0.355. The molecule has 1 fully saturated rings. The van der Waals surface area contributed by atoms with Crippen LogP contribution in [0.25, 0.3) is 0 Å². The van der Waals surface area contributed by atoms with E-state index in [2.05, 4.69) is 13.8 Å². The molecular weight excluding hydrogens is 393 g/mol. The predicted molar refractivity (Wildman–Crippen MR) is 108 cm³/mol. The maximum atomic E-state index is 13.2. The zero-order valence-corrected chi connectivity index (χ0v) is 17.7. The maximum Gasteiger partial charge on any atom is 0.329 e. The van der Waals surface area contributed by atoms with E-state index in [0.29, 0.717) is 33.9 Å². The molecule has 1 heterocycles. The molecule has 0 spiro atoms. The van der Waals surface area contributed by atoms with Crippen LogP contribution in [-0.2, 0) is 9.53 Å². The van der Waals surface area contributed by atoms with Crippen molar-refractivity contribution in [1.29, 1.82) is 0 Å². The Balaban J connectivity index is 2.25. The first kappa shape index (κ1) is 21.4. The van der Waals surface area contributed by atoms with Gasteiger partial charge >= 0.3 is 5.97 Å². The van der Waals surface area contributed by atoms with E-state index >= 15 is 0 Å². The fourth-order valence-corrected chi connectivity index (χ4v) is 4.93. The first-order valence-electron chi connectivity index (χ1n) is 8.91. The number of rotatable bonds is 7. The topological polar surface area (TPSA) is 46.6 Å². The highest BCUT2D eigenvalue weighted by Gasteiger charge is 2.43. The third kappa shape index (κ3) is 5.30.